The largest absolute Gasteiger partial charge is 0.458 e. The van der Waals surface area contributed by atoms with Gasteiger partial charge in [-0.3, -0.25) is 4.79 Å². The van der Waals surface area contributed by atoms with Crippen molar-refractivity contribution in [1.82, 2.24) is 0 Å². The minimum atomic E-state index is -0.246. The minimum absolute atomic E-state index is 0.00525. The Labute approximate surface area is 112 Å². The van der Waals surface area contributed by atoms with Crippen LogP contribution in [0.25, 0.3) is 0 Å². The maximum atomic E-state index is 12.2. The summed E-state index contributed by atoms with van der Waals surface area (Å²) in [6.07, 6.45) is 7.84. The minimum Gasteiger partial charge on any atom is -0.458 e. The van der Waals surface area contributed by atoms with Crippen LogP contribution in [0.3, 0.4) is 0 Å². The summed E-state index contributed by atoms with van der Waals surface area (Å²) in [5.41, 5.74) is -0.218. The predicted octanol–water partition coefficient (Wildman–Crippen LogP) is 4.71. The monoisotopic (exact) mass is 254 g/mol. The van der Waals surface area contributed by atoms with Crippen molar-refractivity contribution >= 4 is 5.97 Å². The normalized spacial score (nSPS) is 22.1. The van der Waals surface area contributed by atoms with Gasteiger partial charge >= 0.3 is 5.97 Å². The molecule has 0 bridgehead atoms. The van der Waals surface area contributed by atoms with Crippen LogP contribution in [0.2, 0.25) is 0 Å². The summed E-state index contributed by atoms with van der Waals surface area (Å²) in [5, 5.41) is 0. The SMILES string of the molecule is CCC(C)C(=O)OC1(C(C)(C)C)CCCCCC1. The molecule has 0 aromatic rings. The molecule has 0 aliphatic heterocycles. The fourth-order valence-electron chi connectivity index (χ4n) is 2.76. The number of ether oxygens (including phenoxy) is 1. The van der Waals surface area contributed by atoms with Gasteiger partial charge in [-0.1, -0.05) is 47.5 Å². The van der Waals surface area contributed by atoms with Gasteiger partial charge in [-0.2, -0.15) is 0 Å². The van der Waals surface area contributed by atoms with Crippen molar-refractivity contribution < 1.29 is 9.53 Å². The molecule has 0 heterocycles. The Morgan fingerprint density at radius 1 is 1.17 bits per heavy atom. The van der Waals surface area contributed by atoms with Crippen molar-refractivity contribution in [2.24, 2.45) is 11.3 Å². The van der Waals surface area contributed by atoms with Crippen molar-refractivity contribution in [2.75, 3.05) is 0 Å². The molecule has 1 fully saturated rings. The molecule has 18 heavy (non-hydrogen) atoms. The van der Waals surface area contributed by atoms with Crippen LogP contribution in [0.4, 0.5) is 0 Å². The van der Waals surface area contributed by atoms with E-state index in [-0.39, 0.29) is 22.9 Å². The molecular weight excluding hydrogens is 224 g/mol. The molecule has 0 spiro atoms. The van der Waals surface area contributed by atoms with Gasteiger partial charge < -0.3 is 4.74 Å². The Balaban J connectivity index is 2.87. The van der Waals surface area contributed by atoms with Crippen LogP contribution < -0.4 is 0 Å². The van der Waals surface area contributed by atoms with Crippen molar-refractivity contribution in [3.05, 3.63) is 0 Å². The average molecular weight is 254 g/mol. The second-order valence-corrected chi connectivity index (χ2v) is 6.89. The highest BCUT2D eigenvalue weighted by Gasteiger charge is 2.45. The van der Waals surface area contributed by atoms with E-state index < -0.39 is 0 Å². The quantitative estimate of drug-likeness (QED) is 0.538. The van der Waals surface area contributed by atoms with Gasteiger partial charge in [0.15, 0.2) is 0 Å². The molecular formula is C16H30O2. The Bertz CT molecular complexity index is 267. The van der Waals surface area contributed by atoms with E-state index in [1.165, 1.54) is 25.7 Å². The van der Waals surface area contributed by atoms with Crippen molar-refractivity contribution in [2.45, 2.75) is 85.2 Å². The van der Waals surface area contributed by atoms with Crippen molar-refractivity contribution in [3.63, 3.8) is 0 Å². The van der Waals surface area contributed by atoms with Crippen LogP contribution in [-0.2, 0) is 9.53 Å². The highest BCUT2D eigenvalue weighted by atomic mass is 16.6. The van der Waals surface area contributed by atoms with E-state index in [4.69, 9.17) is 4.74 Å². The topological polar surface area (TPSA) is 26.3 Å². The van der Waals surface area contributed by atoms with E-state index in [1.807, 2.05) is 13.8 Å². The summed E-state index contributed by atoms with van der Waals surface area (Å²) in [4.78, 5) is 12.2. The lowest BCUT2D eigenvalue weighted by atomic mass is 9.71. The van der Waals surface area contributed by atoms with E-state index in [0.29, 0.717) is 0 Å². The van der Waals surface area contributed by atoms with E-state index in [0.717, 1.165) is 19.3 Å². The summed E-state index contributed by atoms with van der Waals surface area (Å²) < 4.78 is 6.04. The maximum absolute atomic E-state index is 12.2. The zero-order valence-corrected chi connectivity index (χ0v) is 12.8. The van der Waals surface area contributed by atoms with Crippen LogP contribution in [0.1, 0.15) is 79.6 Å². The summed E-state index contributed by atoms with van der Waals surface area (Å²) in [5.74, 6) is 0.0156. The van der Waals surface area contributed by atoms with Crippen LogP contribution in [0.5, 0.6) is 0 Å². The first-order valence-corrected chi connectivity index (χ1v) is 7.55. The molecule has 0 N–H and O–H groups in total. The molecule has 1 rings (SSSR count). The van der Waals surface area contributed by atoms with Crippen LogP contribution in [0, 0.1) is 11.3 Å². The summed E-state index contributed by atoms with van der Waals surface area (Å²) >= 11 is 0. The molecule has 1 aliphatic rings. The second kappa shape index (κ2) is 6.08. The number of carbonyl (C=O) groups is 1. The Morgan fingerprint density at radius 2 is 1.67 bits per heavy atom. The number of rotatable bonds is 3. The second-order valence-electron chi connectivity index (χ2n) is 6.89. The number of esters is 1. The molecule has 0 aromatic heterocycles. The van der Waals surface area contributed by atoms with Crippen molar-refractivity contribution in [3.8, 4) is 0 Å². The fourth-order valence-corrected chi connectivity index (χ4v) is 2.76. The van der Waals surface area contributed by atoms with Gasteiger partial charge in [-0.05, 0) is 32.1 Å². The average Bonchev–Trinajstić information content (AvgIpc) is 2.53. The Kier molecular flexibility index (Phi) is 5.24. The van der Waals surface area contributed by atoms with Gasteiger partial charge in [0.1, 0.15) is 5.60 Å². The molecule has 1 saturated carbocycles. The van der Waals surface area contributed by atoms with Gasteiger partial charge in [-0.25, -0.2) is 0 Å². The molecule has 106 valence electrons. The van der Waals surface area contributed by atoms with Gasteiger partial charge in [0.05, 0.1) is 5.92 Å². The Morgan fingerprint density at radius 3 is 2.06 bits per heavy atom. The molecule has 0 saturated heterocycles. The lowest BCUT2D eigenvalue weighted by Gasteiger charge is -2.44. The smallest absolute Gasteiger partial charge is 0.309 e. The van der Waals surface area contributed by atoms with E-state index in [2.05, 4.69) is 20.8 Å². The standard InChI is InChI=1S/C16H30O2/c1-6-13(2)14(17)18-16(15(3,4)5)11-9-7-8-10-12-16/h13H,6-12H2,1-5H3. The van der Waals surface area contributed by atoms with Crippen LogP contribution >= 0.6 is 0 Å². The van der Waals surface area contributed by atoms with Gasteiger partial charge in [0.25, 0.3) is 0 Å². The third-order valence-electron chi connectivity index (χ3n) is 4.59. The predicted molar refractivity (Wildman–Crippen MR) is 75.4 cm³/mol. The lowest BCUT2D eigenvalue weighted by Crippen LogP contribution is -2.47. The fraction of sp³-hybridized carbons (Fsp3) is 0.938. The van der Waals surface area contributed by atoms with E-state index in [9.17, 15) is 4.79 Å². The van der Waals surface area contributed by atoms with Gasteiger partial charge in [0.2, 0.25) is 0 Å². The van der Waals surface area contributed by atoms with Gasteiger partial charge in [-0.15, -0.1) is 0 Å². The summed E-state index contributed by atoms with van der Waals surface area (Å²) in [6, 6.07) is 0. The van der Waals surface area contributed by atoms with Gasteiger partial charge in [0, 0.05) is 5.41 Å². The number of hydrogen-bond donors (Lipinski definition) is 0. The Hall–Kier alpha value is -0.530. The summed E-state index contributed by atoms with van der Waals surface area (Å²) in [6.45, 7) is 10.6. The number of hydrogen-bond acceptors (Lipinski definition) is 2. The zero-order valence-electron chi connectivity index (χ0n) is 12.8. The first-order chi connectivity index (χ1) is 8.32. The molecule has 0 amide bonds. The third kappa shape index (κ3) is 3.49. The number of carbonyl (C=O) groups excluding carboxylic acids is 1. The van der Waals surface area contributed by atoms with Crippen molar-refractivity contribution in [1.29, 1.82) is 0 Å². The zero-order chi connectivity index (χ0) is 13.8. The molecule has 1 unspecified atom stereocenters. The van der Waals surface area contributed by atoms with Crippen LogP contribution in [-0.4, -0.2) is 11.6 Å². The molecule has 1 atom stereocenters. The molecule has 0 aromatic carbocycles. The van der Waals surface area contributed by atoms with E-state index >= 15 is 0 Å². The molecule has 0 radical (unpaired) electrons. The molecule has 2 heteroatoms. The molecule has 1 aliphatic carbocycles. The highest BCUT2D eigenvalue weighted by molar-refractivity contribution is 5.72. The lowest BCUT2D eigenvalue weighted by molar-refractivity contribution is -0.180. The third-order valence-corrected chi connectivity index (χ3v) is 4.59. The van der Waals surface area contributed by atoms with E-state index in [1.54, 1.807) is 0 Å². The van der Waals surface area contributed by atoms with Crippen LogP contribution in [0.15, 0.2) is 0 Å². The summed E-state index contributed by atoms with van der Waals surface area (Å²) in [7, 11) is 0. The first kappa shape index (κ1) is 15.5. The molecule has 2 nitrogen and oxygen atoms in total. The highest BCUT2D eigenvalue weighted by Crippen LogP contribution is 2.44. The maximum Gasteiger partial charge on any atom is 0.309 e. The first-order valence-electron chi connectivity index (χ1n) is 7.55.